The van der Waals surface area contributed by atoms with E-state index >= 15 is 0 Å². The molecule has 2 aliphatic rings. The zero-order chi connectivity index (χ0) is 9.10. The van der Waals surface area contributed by atoms with Crippen LogP contribution in [0.25, 0.3) is 0 Å². The molecule has 2 fully saturated rings. The van der Waals surface area contributed by atoms with Crippen molar-refractivity contribution in [3.8, 4) is 0 Å². The minimum absolute atomic E-state index is 0.200. The third kappa shape index (κ3) is 2.19. The number of rotatable bonds is 1. The molecule has 0 spiro atoms. The summed E-state index contributed by atoms with van der Waals surface area (Å²) >= 11 is 0. The van der Waals surface area contributed by atoms with Crippen LogP contribution in [0.4, 0.5) is 0 Å². The monoisotopic (exact) mass is 203 g/mol. The highest BCUT2D eigenvalue weighted by Gasteiger charge is 2.30. The number of nitrogens with zero attached hydrogens (tertiary/aromatic N) is 1. The van der Waals surface area contributed by atoms with Crippen LogP contribution in [0.5, 0.6) is 0 Å². The van der Waals surface area contributed by atoms with E-state index in [2.05, 4.69) is 0 Å². The van der Waals surface area contributed by atoms with Gasteiger partial charge in [0.25, 0.3) is 8.53 Å². The molecule has 0 atom stereocenters. The summed E-state index contributed by atoms with van der Waals surface area (Å²) < 4.78 is 12.5. The molecule has 0 aromatic carbocycles. The lowest BCUT2D eigenvalue weighted by Gasteiger charge is -2.23. The smallest absolute Gasteiger partial charge is 0.292 e. The maximum absolute atomic E-state index is 11.6. The fourth-order valence-corrected chi connectivity index (χ4v) is 2.95. The maximum Gasteiger partial charge on any atom is 0.292 e. The third-order valence-corrected chi connectivity index (χ3v) is 3.86. The summed E-state index contributed by atoms with van der Waals surface area (Å²) in [6.45, 7) is 2.08. The largest absolute Gasteiger partial charge is 0.315 e. The maximum atomic E-state index is 11.6. The van der Waals surface area contributed by atoms with Crippen LogP contribution in [0.2, 0.25) is 0 Å². The van der Waals surface area contributed by atoms with Gasteiger partial charge in [0.2, 0.25) is 5.91 Å². The summed E-state index contributed by atoms with van der Waals surface area (Å²) in [6.07, 6.45) is 3.90. The van der Waals surface area contributed by atoms with Gasteiger partial charge in [-0.15, -0.1) is 0 Å². The van der Waals surface area contributed by atoms with Gasteiger partial charge in [0, 0.05) is 13.0 Å². The van der Waals surface area contributed by atoms with Crippen LogP contribution in [0.1, 0.15) is 25.7 Å². The van der Waals surface area contributed by atoms with Crippen LogP contribution in [-0.4, -0.2) is 30.3 Å². The normalized spacial score (nSPS) is 26.5. The van der Waals surface area contributed by atoms with Gasteiger partial charge in [-0.1, -0.05) is 6.42 Å². The molecule has 2 rings (SSSR count). The minimum atomic E-state index is -1.04. The second kappa shape index (κ2) is 4.36. The molecule has 1 amide bonds. The lowest BCUT2D eigenvalue weighted by atomic mass is 10.2. The van der Waals surface area contributed by atoms with Crippen molar-refractivity contribution in [3.05, 3.63) is 0 Å². The molecule has 0 saturated carbocycles. The SMILES string of the molecule is O=C1CCCCCN1P1OCCO1. The van der Waals surface area contributed by atoms with Gasteiger partial charge in [-0.05, 0) is 12.8 Å². The van der Waals surface area contributed by atoms with Crippen LogP contribution >= 0.6 is 8.53 Å². The van der Waals surface area contributed by atoms with Crippen molar-refractivity contribution in [2.24, 2.45) is 0 Å². The Morgan fingerprint density at radius 3 is 2.69 bits per heavy atom. The standard InChI is InChI=1S/C8H14NO3P/c10-8-4-2-1-3-5-9(8)13-11-6-7-12-13/h1-7H2. The Balaban J connectivity index is 1.97. The Kier molecular flexibility index (Phi) is 3.14. The fourth-order valence-electron chi connectivity index (χ4n) is 1.55. The first-order chi connectivity index (χ1) is 6.38. The summed E-state index contributed by atoms with van der Waals surface area (Å²) in [5.74, 6) is 0.200. The van der Waals surface area contributed by atoms with Gasteiger partial charge < -0.3 is 9.05 Å². The highest BCUT2D eigenvalue weighted by Crippen LogP contribution is 2.47. The van der Waals surface area contributed by atoms with Crippen molar-refractivity contribution < 1.29 is 13.8 Å². The van der Waals surface area contributed by atoms with Crippen molar-refractivity contribution in [2.75, 3.05) is 19.8 Å². The number of amides is 1. The van der Waals surface area contributed by atoms with Gasteiger partial charge >= 0.3 is 0 Å². The van der Waals surface area contributed by atoms with Gasteiger partial charge in [-0.2, -0.15) is 0 Å². The Morgan fingerprint density at radius 2 is 1.92 bits per heavy atom. The van der Waals surface area contributed by atoms with E-state index in [4.69, 9.17) is 9.05 Å². The number of carbonyl (C=O) groups excluding carboxylic acids is 1. The average molecular weight is 203 g/mol. The molecule has 5 heteroatoms. The highest BCUT2D eigenvalue weighted by molar-refractivity contribution is 7.45. The first kappa shape index (κ1) is 9.38. The first-order valence-corrected chi connectivity index (χ1v) is 5.87. The zero-order valence-corrected chi connectivity index (χ0v) is 8.46. The predicted octanol–water partition coefficient (Wildman–Crippen LogP) is 1.66. The number of carbonyl (C=O) groups is 1. The lowest BCUT2D eigenvalue weighted by molar-refractivity contribution is -0.126. The molecule has 0 aliphatic carbocycles. The van der Waals surface area contributed by atoms with Crippen LogP contribution in [0.3, 0.4) is 0 Å². The predicted molar refractivity (Wildman–Crippen MR) is 49.0 cm³/mol. The van der Waals surface area contributed by atoms with Crippen molar-refractivity contribution >= 4 is 14.4 Å². The summed E-state index contributed by atoms with van der Waals surface area (Å²) in [6, 6.07) is 0. The molecule has 4 nitrogen and oxygen atoms in total. The Morgan fingerprint density at radius 1 is 1.15 bits per heavy atom. The number of hydrogen-bond donors (Lipinski definition) is 0. The third-order valence-electron chi connectivity index (χ3n) is 2.23. The van der Waals surface area contributed by atoms with Gasteiger partial charge in [-0.3, -0.25) is 9.46 Å². The molecule has 13 heavy (non-hydrogen) atoms. The van der Waals surface area contributed by atoms with Crippen molar-refractivity contribution in [3.63, 3.8) is 0 Å². The van der Waals surface area contributed by atoms with E-state index in [1.807, 2.05) is 0 Å². The molecule has 2 aliphatic heterocycles. The molecule has 2 saturated heterocycles. The van der Waals surface area contributed by atoms with E-state index in [1.165, 1.54) is 0 Å². The van der Waals surface area contributed by atoms with Gasteiger partial charge in [-0.25, -0.2) is 0 Å². The second-order valence-corrected chi connectivity index (χ2v) is 4.71. The molecule has 0 aromatic rings. The van der Waals surface area contributed by atoms with E-state index in [9.17, 15) is 4.79 Å². The molecule has 0 radical (unpaired) electrons. The molecule has 74 valence electrons. The molecule has 0 bridgehead atoms. The van der Waals surface area contributed by atoms with E-state index in [0.29, 0.717) is 19.6 Å². The Labute approximate surface area is 79.2 Å². The first-order valence-electron chi connectivity index (χ1n) is 4.74. The van der Waals surface area contributed by atoms with Gasteiger partial charge in [0.05, 0.1) is 13.2 Å². The molecular formula is C8H14NO3P. The lowest BCUT2D eigenvalue weighted by Crippen LogP contribution is -2.25. The average Bonchev–Trinajstić information content (AvgIpc) is 2.56. The van der Waals surface area contributed by atoms with Crippen molar-refractivity contribution in [1.82, 2.24) is 4.67 Å². The zero-order valence-electron chi connectivity index (χ0n) is 7.57. The van der Waals surface area contributed by atoms with Gasteiger partial charge in [0.1, 0.15) is 0 Å². The second-order valence-electron chi connectivity index (χ2n) is 3.23. The Hall–Kier alpha value is -0.180. The summed E-state index contributed by atoms with van der Waals surface area (Å²) in [5, 5.41) is 0. The topological polar surface area (TPSA) is 38.8 Å². The van der Waals surface area contributed by atoms with E-state index in [-0.39, 0.29) is 5.91 Å². The molecule has 0 aromatic heterocycles. The molecule has 2 heterocycles. The summed E-state index contributed by atoms with van der Waals surface area (Å²) in [7, 11) is -1.04. The van der Waals surface area contributed by atoms with E-state index in [1.54, 1.807) is 4.67 Å². The van der Waals surface area contributed by atoms with E-state index in [0.717, 1.165) is 25.8 Å². The fraction of sp³-hybridized carbons (Fsp3) is 0.875. The van der Waals surface area contributed by atoms with Crippen molar-refractivity contribution in [2.45, 2.75) is 25.7 Å². The van der Waals surface area contributed by atoms with E-state index < -0.39 is 8.53 Å². The Bertz CT molecular complexity index is 194. The van der Waals surface area contributed by atoms with Crippen molar-refractivity contribution in [1.29, 1.82) is 0 Å². The van der Waals surface area contributed by atoms with Crippen LogP contribution in [0.15, 0.2) is 0 Å². The minimum Gasteiger partial charge on any atom is -0.315 e. The van der Waals surface area contributed by atoms with Crippen LogP contribution in [-0.2, 0) is 13.8 Å². The summed E-state index contributed by atoms with van der Waals surface area (Å²) in [5.41, 5.74) is 0. The number of hydrogen-bond acceptors (Lipinski definition) is 3. The van der Waals surface area contributed by atoms with Crippen LogP contribution in [0, 0.1) is 0 Å². The molecular weight excluding hydrogens is 189 g/mol. The molecule has 0 unspecified atom stereocenters. The summed E-state index contributed by atoms with van der Waals surface area (Å²) in [4.78, 5) is 11.6. The molecule has 0 N–H and O–H groups in total. The highest BCUT2D eigenvalue weighted by atomic mass is 31.2. The quantitative estimate of drug-likeness (QED) is 0.608. The van der Waals surface area contributed by atoms with Crippen LogP contribution < -0.4 is 0 Å². The van der Waals surface area contributed by atoms with Gasteiger partial charge in [0.15, 0.2) is 0 Å².